The van der Waals surface area contributed by atoms with Gasteiger partial charge in [0, 0.05) is 23.7 Å². The van der Waals surface area contributed by atoms with Crippen molar-refractivity contribution in [2.75, 3.05) is 17.6 Å². The molecule has 3 aromatic rings. The second kappa shape index (κ2) is 8.80. The Kier molecular flexibility index (Phi) is 6.37. The number of hydrogen-bond donors (Lipinski definition) is 1. The van der Waals surface area contributed by atoms with Crippen LogP contribution in [0, 0.1) is 17.2 Å². The zero-order valence-electron chi connectivity index (χ0n) is 17.8. The first-order chi connectivity index (χ1) is 14.2. The molecule has 7 heteroatoms. The van der Waals surface area contributed by atoms with Crippen molar-refractivity contribution in [3.05, 3.63) is 48.0 Å². The van der Waals surface area contributed by atoms with Gasteiger partial charge in [0.2, 0.25) is 10.0 Å². The lowest BCUT2D eigenvalue weighted by atomic mass is 10.1. The molecule has 1 aromatic heterocycles. The molecule has 0 fully saturated rings. The number of nitrogens with zero attached hydrogens (tertiary/aromatic N) is 2. The molecule has 0 aliphatic carbocycles. The molecule has 1 N–H and O–H groups in total. The van der Waals surface area contributed by atoms with Gasteiger partial charge in [-0.3, -0.25) is 4.72 Å². The van der Waals surface area contributed by atoms with Crippen LogP contribution in [-0.4, -0.2) is 25.8 Å². The summed E-state index contributed by atoms with van der Waals surface area (Å²) in [7, 11) is -3.35. The van der Waals surface area contributed by atoms with Crippen LogP contribution in [0.2, 0.25) is 0 Å². The number of anilines is 1. The van der Waals surface area contributed by atoms with E-state index in [1.807, 2.05) is 37.3 Å². The number of sulfonamides is 1. The minimum atomic E-state index is -3.35. The molecule has 3 rings (SSSR count). The average molecular weight is 426 g/mol. The van der Waals surface area contributed by atoms with E-state index in [0.717, 1.165) is 47.1 Å². The van der Waals surface area contributed by atoms with Crippen LogP contribution in [0.25, 0.3) is 22.2 Å². The molecule has 0 amide bonds. The summed E-state index contributed by atoms with van der Waals surface area (Å²) < 4.78 is 33.3. The van der Waals surface area contributed by atoms with E-state index in [0.29, 0.717) is 23.8 Å². The van der Waals surface area contributed by atoms with Crippen molar-refractivity contribution in [3.8, 4) is 23.1 Å². The highest BCUT2D eigenvalue weighted by Gasteiger charge is 2.19. The summed E-state index contributed by atoms with van der Waals surface area (Å²) in [4.78, 5) is 0. The molecule has 158 valence electrons. The fourth-order valence-electron chi connectivity index (χ4n) is 3.53. The lowest BCUT2D eigenvalue weighted by molar-refractivity contribution is 0.340. The minimum absolute atomic E-state index is 0.489. The van der Waals surface area contributed by atoms with Gasteiger partial charge in [-0.05, 0) is 49.1 Å². The van der Waals surface area contributed by atoms with Gasteiger partial charge in [-0.25, -0.2) is 8.42 Å². The van der Waals surface area contributed by atoms with E-state index in [2.05, 4.69) is 29.2 Å². The number of nitriles is 1. The molecule has 0 radical (unpaired) electrons. The molecule has 6 nitrogen and oxygen atoms in total. The van der Waals surface area contributed by atoms with E-state index in [-0.39, 0.29) is 0 Å². The number of nitrogens with one attached hydrogen (secondary N) is 1. The van der Waals surface area contributed by atoms with Gasteiger partial charge in [0.25, 0.3) is 0 Å². The Hall–Kier alpha value is -2.98. The largest absolute Gasteiger partial charge is 0.494 e. The number of hydrogen-bond acceptors (Lipinski definition) is 4. The Morgan fingerprint density at radius 1 is 1.17 bits per heavy atom. The molecule has 0 bridgehead atoms. The normalized spacial score (nSPS) is 11.6. The average Bonchev–Trinajstić information content (AvgIpc) is 2.98. The van der Waals surface area contributed by atoms with Crippen LogP contribution in [0.4, 0.5) is 5.69 Å². The third-order valence-corrected chi connectivity index (χ3v) is 5.46. The highest BCUT2D eigenvalue weighted by atomic mass is 32.2. The summed E-state index contributed by atoms with van der Waals surface area (Å²) in [5.41, 5.74) is 3.77. The third kappa shape index (κ3) is 4.77. The summed E-state index contributed by atoms with van der Waals surface area (Å²) >= 11 is 0. The molecule has 0 atom stereocenters. The van der Waals surface area contributed by atoms with Crippen molar-refractivity contribution in [2.24, 2.45) is 5.92 Å². The predicted molar refractivity (Wildman–Crippen MR) is 121 cm³/mol. The van der Waals surface area contributed by atoms with Crippen LogP contribution >= 0.6 is 0 Å². The van der Waals surface area contributed by atoms with Crippen LogP contribution < -0.4 is 9.46 Å². The van der Waals surface area contributed by atoms with Crippen molar-refractivity contribution in [3.63, 3.8) is 0 Å². The monoisotopic (exact) mass is 425 g/mol. The first-order valence-corrected chi connectivity index (χ1v) is 11.9. The van der Waals surface area contributed by atoms with Gasteiger partial charge in [-0.2, -0.15) is 5.26 Å². The molecular weight excluding hydrogens is 398 g/mol. The molecule has 0 saturated carbocycles. The van der Waals surface area contributed by atoms with Crippen molar-refractivity contribution < 1.29 is 13.2 Å². The van der Waals surface area contributed by atoms with E-state index in [9.17, 15) is 13.7 Å². The van der Waals surface area contributed by atoms with Crippen LogP contribution in [-0.2, 0) is 16.6 Å². The Bertz CT molecular complexity index is 1190. The summed E-state index contributed by atoms with van der Waals surface area (Å²) in [6.07, 6.45) is 2.09. The summed E-state index contributed by atoms with van der Waals surface area (Å²) in [5.74, 6) is 1.29. The summed E-state index contributed by atoms with van der Waals surface area (Å²) in [5, 5.41) is 10.8. The van der Waals surface area contributed by atoms with E-state index < -0.39 is 10.0 Å². The van der Waals surface area contributed by atoms with Crippen molar-refractivity contribution in [1.29, 1.82) is 5.26 Å². The lowest BCUT2D eigenvalue weighted by Gasteiger charge is -2.14. The highest BCUT2D eigenvalue weighted by molar-refractivity contribution is 7.92. The molecule has 0 aliphatic rings. The number of ether oxygens (including phenoxy) is 1. The van der Waals surface area contributed by atoms with Gasteiger partial charge in [-0.1, -0.05) is 26.0 Å². The van der Waals surface area contributed by atoms with E-state index in [1.54, 1.807) is 12.1 Å². The molecular formula is C23H27N3O3S. The van der Waals surface area contributed by atoms with Crippen molar-refractivity contribution >= 4 is 26.6 Å². The smallest absolute Gasteiger partial charge is 0.229 e. The second-order valence-electron chi connectivity index (χ2n) is 7.73. The molecule has 30 heavy (non-hydrogen) atoms. The van der Waals surface area contributed by atoms with Crippen molar-refractivity contribution in [2.45, 2.75) is 33.7 Å². The molecule has 1 heterocycles. The number of benzene rings is 2. The van der Waals surface area contributed by atoms with E-state index in [1.165, 1.54) is 0 Å². The van der Waals surface area contributed by atoms with Crippen LogP contribution in [0.15, 0.2) is 42.5 Å². The fraction of sp³-hybridized carbons (Fsp3) is 0.348. The zero-order chi connectivity index (χ0) is 21.9. The number of fused-ring (bicyclic) bond motifs is 1. The zero-order valence-corrected chi connectivity index (χ0v) is 18.6. The second-order valence-corrected chi connectivity index (χ2v) is 9.48. The van der Waals surface area contributed by atoms with Gasteiger partial charge in [0.15, 0.2) is 0 Å². The molecule has 0 saturated heterocycles. The van der Waals surface area contributed by atoms with Gasteiger partial charge in [0.05, 0.1) is 29.6 Å². The third-order valence-electron chi connectivity index (χ3n) is 4.85. The lowest BCUT2D eigenvalue weighted by Crippen LogP contribution is -2.09. The Morgan fingerprint density at radius 2 is 1.87 bits per heavy atom. The fourth-order valence-corrected chi connectivity index (χ4v) is 4.09. The van der Waals surface area contributed by atoms with Crippen LogP contribution in [0.3, 0.4) is 0 Å². The predicted octanol–water partition coefficient (Wildman–Crippen LogP) is 5.00. The number of aromatic nitrogens is 1. The first-order valence-electron chi connectivity index (χ1n) is 10.0. The highest BCUT2D eigenvalue weighted by Crippen LogP contribution is 2.36. The molecule has 0 unspecified atom stereocenters. The quantitative estimate of drug-likeness (QED) is 0.551. The Morgan fingerprint density at radius 3 is 2.43 bits per heavy atom. The summed E-state index contributed by atoms with van der Waals surface area (Å²) in [6, 6.07) is 15.3. The van der Waals surface area contributed by atoms with Gasteiger partial charge in [-0.15, -0.1) is 0 Å². The minimum Gasteiger partial charge on any atom is -0.494 e. The Labute approximate surface area is 178 Å². The number of rotatable bonds is 8. The van der Waals surface area contributed by atoms with Crippen molar-refractivity contribution in [1.82, 2.24) is 4.57 Å². The maximum atomic E-state index is 11.5. The first kappa shape index (κ1) is 21.7. The summed E-state index contributed by atoms with van der Waals surface area (Å²) in [6.45, 7) is 7.64. The topological polar surface area (TPSA) is 84.1 Å². The van der Waals surface area contributed by atoms with Gasteiger partial charge >= 0.3 is 0 Å². The van der Waals surface area contributed by atoms with Crippen LogP contribution in [0.1, 0.15) is 32.8 Å². The van der Waals surface area contributed by atoms with E-state index in [4.69, 9.17) is 4.74 Å². The van der Waals surface area contributed by atoms with Gasteiger partial charge < -0.3 is 9.30 Å². The SMILES string of the molecule is CCOc1ccc2c(C#N)c(-c3ccc(NS(C)(=O)=O)cc3)n(CCC(C)C)c2c1. The Balaban J connectivity index is 2.18. The molecule has 0 aliphatic heterocycles. The van der Waals surface area contributed by atoms with E-state index >= 15 is 0 Å². The van der Waals surface area contributed by atoms with Crippen LogP contribution in [0.5, 0.6) is 5.75 Å². The molecule has 0 spiro atoms. The number of aryl methyl sites for hydroxylation is 1. The maximum Gasteiger partial charge on any atom is 0.229 e. The molecule has 2 aromatic carbocycles. The van der Waals surface area contributed by atoms with Gasteiger partial charge in [0.1, 0.15) is 11.8 Å². The maximum absolute atomic E-state index is 11.5. The standard InChI is InChI=1S/C23H27N3O3S/c1-5-29-19-10-11-20-21(15-24)23(26(22(20)14-19)13-12-16(2)3)17-6-8-18(9-7-17)25-30(4,27)28/h6-11,14,16,25H,5,12-13H2,1-4H3.